The van der Waals surface area contributed by atoms with Crippen LogP contribution in [0.3, 0.4) is 0 Å². The zero-order valence-electron chi connectivity index (χ0n) is 7.82. The van der Waals surface area contributed by atoms with E-state index in [1.54, 1.807) is 24.3 Å². The van der Waals surface area contributed by atoms with Gasteiger partial charge < -0.3 is 10.1 Å². The second-order valence-corrected chi connectivity index (χ2v) is 2.62. The van der Waals surface area contributed by atoms with E-state index >= 15 is 0 Å². The van der Waals surface area contributed by atoms with Gasteiger partial charge in [-0.2, -0.15) is 0 Å². The molecule has 74 valence electrons. The summed E-state index contributed by atoms with van der Waals surface area (Å²) in [5, 5.41) is 2.31. The van der Waals surface area contributed by atoms with Crippen molar-refractivity contribution in [3.8, 4) is 5.75 Å². The molecule has 0 spiro atoms. The molecule has 4 nitrogen and oxygen atoms in total. The Morgan fingerprint density at radius 2 is 2.21 bits per heavy atom. The lowest BCUT2D eigenvalue weighted by molar-refractivity contribution is -0.109. The molecule has 0 fully saturated rings. The van der Waals surface area contributed by atoms with Gasteiger partial charge in [0.05, 0.1) is 19.2 Å². The van der Waals surface area contributed by atoms with E-state index in [0.29, 0.717) is 17.7 Å². The molecule has 0 aromatic heterocycles. The third-order valence-corrected chi connectivity index (χ3v) is 1.75. The maximum atomic E-state index is 11.5. The average Bonchev–Trinajstić information content (AvgIpc) is 2.25. The molecule has 0 aliphatic rings. The maximum Gasteiger partial charge on any atom is 0.207 e. The van der Waals surface area contributed by atoms with Gasteiger partial charge in [-0.1, -0.05) is 12.1 Å². The number of benzene rings is 1. The monoisotopic (exact) mass is 193 g/mol. The number of hydrogen-bond acceptors (Lipinski definition) is 3. The SMILES string of the molecule is COc1ccccc1C(=O)CNC=O. The van der Waals surface area contributed by atoms with Crippen LogP contribution in [-0.2, 0) is 4.79 Å². The fourth-order valence-corrected chi connectivity index (χ4v) is 1.10. The molecular weight excluding hydrogens is 182 g/mol. The van der Waals surface area contributed by atoms with Crippen molar-refractivity contribution < 1.29 is 14.3 Å². The van der Waals surface area contributed by atoms with Crippen molar-refractivity contribution in [3.05, 3.63) is 29.8 Å². The molecule has 0 bridgehead atoms. The van der Waals surface area contributed by atoms with Gasteiger partial charge in [-0.15, -0.1) is 0 Å². The van der Waals surface area contributed by atoms with Gasteiger partial charge >= 0.3 is 0 Å². The number of carbonyl (C=O) groups is 2. The minimum atomic E-state index is -0.172. The van der Waals surface area contributed by atoms with Gasteiger partial charge in [0.1, 0.15) is 5.75 Å². The van der Waals surface area contributed by atoms with Crippen LogP contribution in [0.1, 0.15) is 10.4 Å². The van der Waals surface area contributed by atoms with Crippen molar-refractivity contribution in [2.75, 3.05) is 13.7 Å². The van der Waals surface area contributed by atoms with Gasteiger partial charge in [-0.3, -0.25) is 9.59 Å². The number of ether oxygens (including phenoxy) is 1. The molecule has 0 radical (unpaired) electrons. The van der Waals surface area contributed by atoms with E-state index in [0.717, 1.165) is 0 Å². The predicted molar refractivity (Wildman–Crippen MR) is 51.4 cm³/mol. The van der Waals surface area contributed by atoms with E-state index in [9.17, 15) is 9.59 Å². The summed E-state index contributed by atoms with van der Waals surface area (Å²) in [7, 11) is 1.50. The van der Waals surface area contributed by atoms with Crippen molar-refractivity contribution in [1.29, 1.82) is 0 Å². The van der Waals surface area contributed by atoms with Crippen LogP contribution in [0, 0.1) is 0 Å². The summed E-state index contributed by atoms with van der Waals surface area (Å²) < 4.78 is 5.01. The van der Waals surface area contributed by atoms with Crippen LogP contribution in [0.5, 0.6) is 5.75 Å². The number of nitrogens with one attached hydrogen (secondary N) is 1. The summed E-state index contributed by atoms with van der Waals surface area (Å²) in [4.78, 5) is 21.5. The highest BCUT2D eigenvalue weighted by Gasteiger charge is 2.09. The smallest absolute Gasteiger partial charge is 0.207 e. The molecule has 1 amide bonds. The Morgan fingerprint density at radius 3 is 2.86 bits per heavy atom. The number of amides is 1. The van der Waals surface area contributed by atoms with Crippen molar-refractivity contribution in [2.45, 2.75) is 0 Å². The second-order valence-electron chi connectivity index (χ2n) is 2.62. The number of carbonyl (C=O) groups excluding carboxylic acids is 2. The standard InChI is InChI=1S/C10H11NO3/c1-14-10-5-3-2-4-8(10)9(13)6-11-7-12/h2-5,7H,6H2,1H3,(H,11,12). The molecule has 1 N–H and O–H groups in total. The highest BCUT2D eigenvalue weighted by molar-refractivity contribution is 6.00. The number of ketones is 1. The lowest BCUT2D eigenvalue weighted by Gasteiger charge is -2.06. The molecule has 0 aliphatic heterocycles. The Hall–Kier alpha value is -1.84. The quantitative estimate of drug-likeness (QED) is 0.551. The van der Waals surface area contributed by atoms with Crippen LogP contribution in [-0.4, -0.2) is 25.8 Å². The van der Waals surface area contributed by atoms with Crippen LogP contribution in [0.25, 0.3) is 0 Å². The Balaban J connectivity index is 2.82. The number of para-hydroxylation sites is 1. The van der Waals surface area contributed by atoms with Crippen molar-refractivity contribution >= 4 is 12.2 Å². The van der Waals surface area contributed by atoms with Crippen molar-refractivity contribution in [2.24, 2.45) is 0 Å². The molecule has 0 aliphatic carbocycles. The molecule has 1 aromatic carbocycles. The number of rotatable bonds is 5. The van der Waals surface area contributed by atoms with E-state index in [1.807, 2.05) is 0 Å². The maximum absolute atomic E-state index is 11.5. The lowest BCUT2D eigenvalue weighted by Crippen LogP contribution is -2.21. The highest BCUT2D eigenvalue weighted by atomic mass is 16.5. The van der Waals surface area contributed by atoms with Gasteiger partial charge in [-0.25, -0.2) is 0 Å². The van der Waals surface area contributed by atoms with Gasteiger partial charge in [0.25, 0.3) is 0 Å². The highest BCUT2D eigenvalue weighted by Crippen LogP contribution is 2.17. The normalized spacial score (nSPS) is 9.21. The summed E-state index contributed by atoms with van der Waals surface area (Å²) in [5.74, 6) is 0.347. The molecule has 4 heteroatoms. The van der Waals surface area contributed by atoms with E-state index in [2.05, 4.69) is 5.32 Å². The third kappa shape index (κ3) is 2.32. The van der Waals surface area contributed by atoms with Crippen molar-refractivity contribution in [1.82, 2.24) is 5.32 Å². The molecule has 0 saturated carbocycles. The molecule has 0 heterocycles. The molecule has 1 aromatic rings. The van der Waals surface area contributed by atoms with Crippen molar-refractivity contribution in [3.63, 3.8) is 0 Å². The topological polar surface area (TPSA) is 55.4 Å². The summed E-state index contributed by atoms with van der Waals surface area (Å²) in [6.07, 6.45) is 0.493. The van der Waals surface area contributed by atoms with Gasteiger partial charge in [-0.05, 0) is 12.1 Å². The van der Waals surface area contributed by atoms with Gasteiger partial charge in [0.2, 0.25) is 6.41 Å². The van der Waals surface area contributed by atoms with E-state index < -0.39 is 0 Å². The number of hydrogen-bond donors (Lipinski definition) is 1. The Morgan fingerprint density at radius 1 is 1.50 bits per heavy atom. The van der Waals surface area contributed by atoms with Crippen LogP contribution >= 0.6 is 0 Å². The number of methoxy groups -OCH3 is 1. The fourth-order valence-electron chi connectivity index (χ4n) is 1.10. The summed E-state index contributed by atoms with van der Waals surface area (Å²) in [5.41, 5.74) is 0.476. The first-order valence-corrected chi connectivity index (χ1v) is 4.13. The first-order valence-electron chi connectivity index (χ1n) is 4.13. The molecule has 0 saturated heterocycles. The van der Waals surface area contributed by atoms with Crippen LogP contribution in [0.2, 0.25) is 0 Å². The van der Waals surface area contributed by atoms with E-state index in [4.69, 9.17) is 4.74 Å². The number of Topliss-reactive ketones (excluding diaryl/α,β-unsaturated/α-hetero) is 1. The van der Waals surface area contributed by atoms with E-state index in [-0.39, 0.29) is 12.3 Å². The first kappa shape index (κ1) is 10.2. The minimum Gasteiger partial charge on any atom is -0.496 e. The lowest BCUT2D eigenvalue weighted by atomic mass is 10.1. The largest absolute Gasteiger partial charge is 0.496 e. The summed E-state index contributed by atoms with van der Waals surface area (Å²) >= 11 is 0. The molecule has 1 rings (SSSR count). The average molecular weight is 193 g/mol. The third-order valence-electron chi connectivity index (χ3n) is 1.75. The molecular formula is C10H11NO3. The Kier molecular flexibility index (Phi) is 3.67. The van der Waals surface area contributed by atoms with Gasteiger partial charge in [0.15, 0.2) is 5.78 Å². The molecule has 14 heavy (non-hydrogen) atoms. The minimum absolute atomic E-state index is 0.0100. The van der Waals surface area contributed by atoms with Crippen LogP contribution in [0.4, 0.5) is 0 Å². The summed E-state index contributed by atoms with van der Waals surface area (Å²) in [6, 6.07) is 6.89. The zero-order valence-corrected chi connectivity index (χ0v) is 7.82. The van der Waals surface area contributed by atoms with E-state index in [1.165, 1.54) is 7.11 Å². The Bertz CT molecular complexity index is 336. The molecule has 0 unspecified atom stereocenters. The predicted octanol–water partition coefficient (Wildman–Crippen LogP) is 0.624. The summed E-state index contributed by atoms with van der Waals surface area (Å²) in [6.45, 7) is -0.0100. The Labute approximate surface area is 81.9 Å². The zero-order chi connectivity index (χ0) is 10.4. The van der Waals surface area contributed by atoms with Gasteiger partial charge in [0, 0.05) is 0 Å². The first-order chi connectivity index (χ1) is 6.79. The van der Waals surface area contributed by atoms with Crippen LogP contribution in [0.15, 0.2) is 24.3 Å². The van der Waals surface area contributed by atoms with Crippen LogP contribution < -0.4 is 10.1 Å². The molecule has 0 atom stereocenters. The second kappa shape index (κ2) is 5.01. The fraction of sp³-hybridized carbons (Fsp3) is 0.200.